The summed E-state index contributed by atoms with van der Waals surface area (Å²) in [6.45, 7) is 1.58. The number of rotatable bonds is 9. The summed E-state index contributed by atoms with van der Waals surface area (Å²) in [6, 6.07) is 27.6. The van der Waals surface area contributed by atoms with Gasteiger partial charge in [0.25, 0.3) is 0 Å². The van der Waals surface area contributed by atoms with E-state index in [0.29, 0.717) is 65.9 Å². The summed E-state index contributed by atoms with van der Waals surface area (Å²) in [4.78, 5) is 13.5. The molecule has 1 spiro atoms. The number of methoxy groups -OCH3 is 1. The van der Waals surface area contributed by atoms with Gasteiger partial charge in [0, 0.05) is 108 Å². The molecule has 4 fully saturated rings. The smallest absolute Gasteiger partial charge is 0.302 e. The van der Waals surface area contributed by atoms with Crippen molar-refractivity contribution in [1.29, 1.82) is 0 Å². The zero-order valence-electron chi connectivity index (χ0n) is 53.5. The van der Waals surface area contributed by atoms with E-state index in [-0.39, 0.29) is 84.1 Å². The number of nitrogens with one attached hydrogen (secondary N) is 3. The van der Waals surface area contributed by atoms with E-state index in [1.54, 1.807) is 13.2 Å². The second-order valence-corrected chi connectivity index (χ2v) is 31.1. The van der Waals surface area contributed by atoms with Crippen LogP contribution in [-0.2, 0) is 45.5 Å². The monoisotopic (exact) mass is 1300 g/mol. The number of nitrogens with two attached hydrogens (primary N) is 1. The third kappa shape index (κ3) is 11.1. The van der Waals surface area contributed by atoms with Crippen molar-refractivity contribution >= 4 is 33.6 Å². The number of ether oxygens (including phenoxy) is 5. The molecule has 16 heteroatoms. The van der Waals surface area contributed by atoms with Crippen LogP contribution in [0.15, 0.2) is 108 Å². The Labute approximate surface area is 559 Å². The molecule has 0 radical (unpaired) electrons. The maximum atomic E-state index is 14.0. The van der Waals surface area contributed by atoms with Gasteiger partial charge in [-0.2, -0.15) is 0 Å². The van der Waals surface area contributed by atoms with Crippen LogP contribution in [0, 0.1) is 59.2 Å². The molecule has 14 nitrogen and oxygen atoms in total. The van der Waals surface area contributed by atoms with Crippen molar-refractivity contribution in [3.8, 4) is 63.6 Å². The number of carbonyl (C=O) groups excluding carboxylic acids is 1. The fourth-order valence-corrected chi connectivity index (χ4v) is 22.2. The van der Waals surface area contributed by atoms with E-state index in [0.717, 1.165) is 108 Å². The standard InChI is InChI=1S/C78H84N4O10S2/c1-42(85)89-39-61-56-19-20-57-67-51(30-54(86)32-64(67)90-41-84)34-78-25-24-50(33-78)69-55-18-16-49-31-66(79)82-62(70(49)69)22-17-46-14-15-48(27-44-10-6-12-47(55)26-44)60(38-88-2)52(37-83)35-80-36-59-68(46)71(74(61)91-75(56)72(57)78)58-21-23-63-77(92-76(58)73(59)87)65(29-43-8-4-3-5-9-43)94-93-40-45-11-7-13-53(28-45)81-63/h3-6,8-10,12,19-21,23,26,30-32,45-46,48,50,52-53,55,60-61,63,65-66,69,74,77,80-84,86-87H,7,11,13,16,18,24-25,27-29,33-41,79H2,1-2H3. The molecule has 488 valence electrons. The van der Waals surface area contributed by atoms with E-state index in [1.807, 2.05) is 27.7 Å². The molecule has 0 amide bonds. The quantitative estimate of drug-likeness (QED) is 0.0299. The van der Waals surface area contributed by atoms with Gasteiger partial charge in [-0.3, -0.25) is 4.79 Å². The van der Waals surface area contributed by atoms with Crippen molar-refractivity contribution in [2.75, 3.05) is 46.0 Å². The lowest BCUT2D eigenvalue weighted by molar-refractivity contribution is -0.141. The number of hydrogen-bond donors (Lipinski definition) is 8. The number of aliphatic hydroxyl groups is 2. The number of allylic oxidation sites excluding steroid dienone is 3. The van der Waals surface area contributed by atoms with Crippen molar-refractivity contribution in [2.24, 2.45) is 41.2 Å². The van der Waals surface area contributed by atoms with Crippen LogP contribution in [-0.4, -0.2) is 102 Å². The first-order valence-electron chi connectivity index (χ1n) is 34.3. The fraction of sp³-hybridized carbons (Fsp3) is 0.474. The molecule has 16 rings (SSSR count). The zero-order valence-corrected chi connectivity index (χ0v) is 55.1. The van der Waals surface area contributed by atoms with Crippen LogP contribution in [0.5, 0.6) is 28.7 Å². The minimum atomic E-state index is -0.888. The van der Waals surface area contributed by atoms with Gasteiger partial charge < -0.3 is 65.8 Å². The highest BCUT2D eigenvalue weighted by Gasteiger charge is 2.55. The van der Waals surface area contributed by atoms with Crippen LogP contribution in [0.25, 0.3) is 17.2 Å². The van der Waals surface area contributed by atoms with Crippen LogP contribution in [0.2, 0.25) is 0 Å². The van der Waals surface area contributed by atoms with Gasteiger partial charge in [0.15, 0.2) is 18.3 Å². The lowest BCUT2D eigenvalue weighted by atomic mass is 9.61. The van der Waals surface area contributed by atoms with Gasteiger partial charge in [0.1, 0.15) is 42.0 Å². The number of carbonyl (C=O) groups is 1. The first-order valence-corrected chi connectivity index (χ1v) is 36.6. The Bertz CT molecular complexity index is 4050. The molecule has 6 aliphatic heterocycles. The Morgan fingerprint density at radius 1 is 0.947 bits per heavy atom. The molecule has 5 aliphatic carbocycles. The van der Waals surface area contributed by atoms with Crippen LogP contribution >= 0.6 is 21.6 Å². The third-order valence-corrected chi connectivity index (χ3v) is 26.0. The van der Waals surface area contributed by atoms with Crippen LogP contribution in [0.3, 0.4) is 0 Å². The summed E-state index contributed by atoms with van der Waals surface area (Å²) in [5.41, 5.74) is 20.6. The molecule has 0 aromatic heterocycles. The normalized spacial score (nSPS) is 32.1. The molecule has 3 saturated carbocycles. The van der Waals surface area contributed by atoms with Gasteiger partial charge in [-0.1, -0.05) is 125 Å². The first-order chi connectivity index (χ1) is 45.9. The first kappa shape index (κ1) is 62.0. The Hall–Kier alpha value is -6.83. The van der Waals surface area contributed by atoms with Gasteiger partial charge in [0.2, 0.25) is 0 Å². The highest BCUT2D eigenvalue weighted by Crippen LogP contribution is 2.66. The van der Waals surface area contributed by atoms with E-state index < -0.39 is 48.4 Å². The van der Waals surface area contributed by atoms with E-state index >= 15 is 0 Å². The molecule has 9 N–H and O–H groups in total. The van der Waals surface area contributed by atoms with E-state index in [4.69, 9.17) is 29.4 Å². The third-order valence-electron chi connectivity index (χ3n) is 23.0. The minimum absolute atomic E-state index is 0.00562. The number of phenolic OH excluding ortho intramolecular Hbond substituents is 2. The zero-order chi connectivity index (χ0) is 63.9. The van der Waals surface area contributed by atoms with Gasteiger partial charge >= 0.3 is 5.97 Å². The number of dihydropyridines is 1. The van der Waals surface area contributed by atoms with Crippen molar-refractivity contribution in [2.45, 2.75) is 149 Å². The molecule has 13 bridgehead atoms. The summed E-state index contributed by atoms with van der Waals surface area (Å²) in [6.07, 6.45) is 15.4. The van der Waals surface area contributed by atoms with Gasteiger partial charge in [-0.05, 0) is 157 Å². The Morgan fingerprint density at radius 2 is 1.84 bits per heavy atom. The molecule has 94 heavy (non-hydrogen) atoms. The molecular formula is C78H84N4O10S2. The van der Waals surface area contributed by atoms with Gasteiger partial charge in [0.05, 0.1) is 35.7 Å². The number of benzene rings is 5. The number of fused-ring (bicyclic) bond motifs is 14. The molecular weight excluding hydrogens is 1220 g/mol. The molecule has 1 saturated heterocycles. The number of aromatic hydroxyl groups is 2. The predicted octanol–water partition coefficient (Wildman–Crippen LogP) is 11.3. The molecule has 11 aliphatic rings. The average Bonchev–Trinajstić information content (AvgIpc) is 1.49. The predicted molar refractivity (Wildman–Crippen MR) is 366 cm³/mol. The van der Waals surface area contributed by atoms with Crippen LogP contribution in [0.4, 0.5) is 0 Å². The SMILES string of the molecule is COCC1C2C#CC3C#CC4=C5C(=CC(N)N4)CCC(c4cccc(c4)C2)C5C2CCC4(Cc5cc(O)cc(OCO)c5-c5ccc6c(c54)OC(c4c5c(c(O)c(c43)CNCC1CO)OC1C(C=C5)NC3CCCC(CSSC1Cc1ccccc1)C3)C6COC(C)=O)C2. The van der Waals surface area contributed by atoms with Crippen molar-refractivity contribution in [3.05, 3.63) is 163 Å². The molecule has 5 aromatic carbocycles. The fourth-order valence-electron chi connectivity index (χ4n) is 19.0. The summed E-state index contributed by atoms with van der Waals surface area (Å²) < 4.78 is 34.6. The molecule has 16 atom stereocenters. The number of esters is 1. The Morgan fingerprint density at radius 3 is 2.69 bits per heavy atom. The van der Waals surface area contributed by atoms with E-state index in [2.05, 4.69) is 125 Å². The van der Waals surface area contributed by atoms with Crippen molar-refractivity contribution in [1.82, 2.24) is 16.0 Å². The molecule has 5 aromatic rings. The lowest BCUT2D eigenvalue weighted by Gasteiger charge is -2.44. The van der Waals surface area contributed by atoms with Gasteiger partial charge in [-0.25, -0.2) is 0 Å². The second kappa shape index (κ2) is 25.6. The van der Waals surface area contributed by atoms with E-state index in [9.17, 15) is 25.2 Å². The average molecular weight is 1300 g/mol. The largest absolute Gasteiger partial charge is 0.508 e. The van der Waals surface area contributed by atoms with Gasteiger partial charge in [-0.15, -0.1) is 0 Å². The maximum Gasteiger partial charge on any atom is 0.302 e. The van der Waals surface area contributed by atoms with Crippen LogP contribution in [0.1, 0.15) is 144 Å². The summed E-state index contributed by atoms with van der Waals surface area (Å²) in [5, 5.41) is 59.5. The Balaban J connectivity index is 1.02. The highest BCUT2D eigenvalue weighted by atomic mass is 33.1. The highest BCUT2D eigenvalue weighted by molar-refractivity contribution is 8.77. The lowest BCUT2D eigenvalue weighted by Crippen LogP contribution is -2.52. The molecule has 16 unspecified atom stereocenters. The summed E-state index contributed by atoms with van der Waals surface area (Å²) >= 11 is 0. The number of phenols is 2. The minimum Gasteiger partial charge on any atom is -0.508 e. The number of hydrogen-bond acceptors (Lipinski definition) is 16. The number of aliphatic hydroxyl groups excluding tert-OH is 2. The second-order valence-electron chi connectivity index (χ2n) is 28.5. The summed E-state index contributed by atoms with van der Waals surface area (Å²) in [7, 11) is 5.56. The molecule has 6 heterocycles. The Kier molecular flexibility index (Phi) is 16.9. The summed E-state index contributed by atoms with van der Waals surface area (Å²) in [5.74, 6) is 16.2. The topological polar surface area (TPSA) is 206 Å². The van der Waals surface area contributed by atoms with Crippen molar-refractivity contribution < 1.29 is 48.9 Å². The van der Waals surface area contributed by atoms with Crippen molar-refractivity contribution in [3.63, 3.8) is 0 Å². The van der Waals surface area contributed by atoms with E-state index in [1.165, 1.54) is 35.6 Å². The maximum absolute atomic E-state index is 14.0. The van der Waals surface area contributed by atoms with Crippen LogP contribution < -0.4 is 35.9 Å².